The first-order valence-electron chi connectivity index (χ1n) is 5.66. The van der Waals surface area contributed by atoms with Crippen molar-refractivity contribution < 1.29 is 0 Å². The van der Waals surface area contributed by atoms with E-state index in [9.17, 15) is 0 Å². The molecular formula is C13H18BrN. The molecule has 1 N–H and O–H groups in total. The molecule has 0 spiro atoms. The van der Waals surface area contributed by atoms with Crippen LogP contribution in [0.15, 0.2) is 16.6 Å². The molecule has 0 aromatic heterocycles. The summed E-state index contributed by atoms with van der Waals surface area (Å²) in [5.74, 6) is 0. The minimum Gasteiger partial charge on any atom is -0.314 e. The lowest BCUT2D eigenvalue weighted by Gasteiger charge is -2.14. The Kier molecular flexibility index (Phi) is 3.47. The molecule has 0 aliphatic carbocycles. The molecule has 82 valence electrons. The summed E-state index contributed by atoms with van der Waals surface area (Å²) < 4.78 is 1.27. The van der Waals surface area contributed by atoms with Gasteiger partial charge in [0.25, 0.3) is 0 Å². The first-order chi connectivity index (χ1) is 7.16. The van der Waals surface area contributed by atoms with Crippen LogP contribution in [-0.2, 0) is 6.42 Å². The molecule has 0 radical (unpaired) electrons. The molecule has 1 atom stereocenters. The van der Waals surface area contributed by atoms with E-state index in [0.29, 0.717) is 6.04 Å². The second kappa shape index (κ2) is 4.67. The van der Waals surface area contributed by atoms with E-state index in [1.54, 1.807) is 0 Å². The normalized spacial score (nSPS) is 20.9. The third-order valence-corrected chi connectivity index (χ3v) is 3.88. The molecule has 1 fully saturated rings. The molecule has 0 saturated carbocycles. The molecule has 2 rings (SSSR count). The maximum atomic E-state index is 3.68. The molecule has 1 heterocycles. The molecule has 1 aromatic carbocycles. The lowest BCUT2D eigenvalue weighted by molar-refractivity contribution is 0.600. The Bertz CT molecular complexity index is 331. The van der Waals surface area contributed by atoms with Crippen LogP contribution < -0.4 is 5.32 Å². The molecule has 0 amide bonds. The highest BCUT2D eigenvalue weighted by molar-refractivity contribution is 9.10. The summed E-state index contributed by atoms with van der Waals surface area (Å²) in [6, 6.07) is 5.18. The third-order valence-electron chi connectivity index (χ3n) is 3.18. The zero-order valence-corrected chi connectivity index (χ0v) is 11.0. The molecule has 1 unspecified atom stereocenters. The summed E-state index contributed by atoms with van der Waals surface area (Å²) >= 11 is 3.68. The average molecular weight is 268 g/mol. The van der Waals surface area contributed by atoms with Crippen LogP contribution in [0.5, 0.6) is 0 Å². The highest BCUT2D eigenvalue weighted by atomic mass is 79.9. The van der Waals surface area contributed by atoms with Crippen molar-refractivity contribution in [1.29, 1.82) is 0 Å². The van der Waals surface area contributed by atoms with E-state index >= 15 is 0 Å². The van der Waals surface area contributed by atoms with Gasteiger partial charge in [-0.05, 0) is 62.4 Å². The molecule has 1 nitrogen and oxygen atoms in total. The van der Waals surface area contributed by atoms with Crippen LogP contribution in [-0.4, -0.2) is 12.6 Å². The number of rotatable bonds is 2. The monoisotopic (exact) mass is 267 g/mol. The second-order valence-corrected chi connectivity index (χ2v) is 5.39. The van der Waals surface area contributed by atoms with Gasteiger partial charge in [0.2, 0.25) is 0 Å². The topological polar surface area (TPSA) is 12.0 Å². The zero-order valence-electron chi connectivity index (χ0n) is 9.44. The van der Waals surface area contributed by atoms with Crippen LogP contribution in [0.2, 0.25) is 0 Å². The number of halogens is 1. The number of hydrogen-bond acceptors (Lipinski definition) is 1. The van der Waals surface area contributed by atoms with Crippen molar-refractivity contribution >= 4 is 15.9 Å². The molecule has 1 aliphatic rings. The Morgan fingerprint density at radius 2 is 2.20 bits per heavy atom. The van der Waals surface area contributed by atoms with Crippen molar-refractivity contribution in [2.75, 3.05) is 6.54 Å². The van der Waals surface area contributed by atoms with Crippen molar-refractivity contribution in [2.24, 2.45) is 0 Å². The van der Waals surface area contributed by atoms with Crippen LogP contribution in [0, 0.1) is 13.8 Å². The maximum Gasteiger partial charge on any atom is 0.0213 e. The standard InChI is InChI=1S/C13H18BrN/c1-9-6-10(2)12(13(14)7-9)8-11-4-3-5-15-11/h6-7,11,15H,3-5,8H2,1-2H3. The summed E-state index contributed by atoms with van der Waals surface area (Å²) in [5, 5.41) is 3.55. The Hall–Kier alpha value is -0.340. The van der Waals surface area contributed by atoms with Gasteiger partial charge in [-0.1, -0.05) is 22.0 Å². The first-order valence-corrected chi connectivity index (χ1v) is 6.45. The van der Waals surface area contributed by atoms with Crippen LogP contribution >= 0.6 is 15.9 Å². The van der Waals surface area contributed by atoms with Gasteiger partial charge < -0.3 is 5.32 Å². The van der Waals surface area contributed by atoms with Gasteiger partial charge in [0.1, 0.15) is 0 Å². The van der Waals surface area contributed by atoms with Crippen LogP contribution in [0.25, 0.3) is 0 Å². The van der Waals surface area contributed by atoms with Gasteiger partial charge in [0, 0.05) is 10.5 Å². The van der Waals surface area contributed by atoms with E-state index in [1.165, 1.54) is 40.5 Å². The summed E-state index contributed by atoms with van der Waals surface area (Å²) in [4.78, 5) is 0. The Balaban J connectivity index is 2.19. The zero-order chi connectivity index (χ0) is 10.8. The van der Waals surface area contributed by atoms with Crippen molar-refractivity contribution in [2.45, 2.75) is 39.2 Å². The van der Waals surface area contributed by atoms with Crippen LogP contribution in [0.3, 0.4) is 0 Å². The van der Waals surface area contributed by atoms with Gasteiger partial charge in [-0.3, -0.25) is 0 Å². The molecule has 2 heteroatoms. The van der Waals surface area contributed by atoms with E-state index in [2.05, 4.69) is 47.2 Å². The lowest BCUT2D eigenvalue weighted by Crippen LogP contribution is -2.24. The molecule has 1 aromatic rings. The average Bonchev–Trinajstić information content (AvgIpc) is 2.63. The van der Waals surface area contributed by atoms with Crippen LogP contribution in [0.1, 0.15) is 29.5 Å². The molecule has 1 aliphatic heterocycles. The predicted octanol–water partition coefficient (Wildman–Crippen LogP) is 3.36. The van der Waals surface area contributed by atoms with Crippen LogP contribution in [0.4, 0.5) is 0 Å². The summed E-state index contributed by atoms with van der Waals surface area (Å²) in [5.41, 5.74) is 4.22. The fourth-order valence-electron chi connectivity index (χ4n) is 2.38. The predicted molar refractivity (Wildman–Crippen MR) is 68.3 cm³/mol. The second-order valence-electron chi connectivity index (χ2n) is 4.54. The van der Waals surface area contributed by atoms with Gasteiger partial charge >= 0.3 is 0 Å². The Morgan fingerprint density at radius 1 is 1.40 bits per heavy atom. The SMILES string of the molecule is Cc1cc(C)c(CC2CCCN2)c(Br)c1. The molecule has 1 saturated heterocycles. The number of benzene rings is 1. The molecule has 0 bridgehead atoms. The summed E-state index contributed by atoms with van der Waals surface area (Å²) in [7, 11) is 0. The van der Waals surface area contributed by atoms with Gasteiger partial charge in [-0.15, -0.1) is 0 Å². The van der Waals surface area contributed by atoms with Gasteiger partial charge in [-0.2, -0.15) is 0 Å². The third kappa shape index (κ3) is 2.61. The number of aryl methyl sites for hydroxylation is 2. The number of hydrogen-bond donors (Lipinski definition) is 1. The smallest absolute Gasteiger partial charge is 0.0213 e. The van der Waals surface area contributed by atoms with Crippen molar-refractivity contribution in [3.63, 3.8) is 0 Å². The van der Waals surface area contributed by atoms with Crippen molar-refractivity contribution in [1.82, 2.24) is 5.32 Å². The molecule has 15 heavy (non-hydrogen) atoms. The quantitative estimate of drug-likeness (QED) is 0.867. The minimum absolute atomic E-state index is 0.683. The van der Waals surface area contributed by atoms with Crippen molar-refractivity contribution in [3.05, 3.63) is 33.3 Å². The van der Waals surface area contributed by atoms with E-state index in [-0.39, 0.29) is 0 Å². The van der Waals surface area contributed by atoms with E-state index in [0.717, 1.165) is 6.42 Å². The van der Waals surface area contributed by atoms with Gasteiger partial charge in [0.15, 0.2) is 0 Å². The van der Waals surface area contributed by atoms with E-state index in [4.69, 9.17) is 0 Å². The largest absolute Gasteiger partial charge is 0.314 e. The fraction of sp³-hybridized carbons (Fsp3) is 0.538. The summed E-state index contributed by atoms with van der Waals surface area (Å²) in [6.07, 6.45) is 3.81. The van der Waals surface area contributed by atoms with E-state index in [1.807, 2.05) is 0 Å². The Morgan fingerprint density at radius 3 is 2.80 bits per heavy atom. The van der Waals surface area contributed by atoms with Crippen molar-refractivity contribution in [3.8, 4) is 0 Å². The van der Waals surface area contributed by atoms with E-state index < -0.39 is 0 Å². The summed E-state index contributed by atoms with van der Waals surface area (Å²) in [6.45, 7) is 5.55. The number of nitrogens with one attached hydrogen (secondary N) is 1. The first kappa shape index (κ1) is 11.2. The molecular weight excluding hydrogens is 250 g/mol. The minimum atomic E-state index is 0.683. The highest BCUT2D eigenvalue weighted by Crippen LogP contribution is 2.25. The van der Waals surface area contributed by atoms with Gasteiger partial charge in [-0.25, -0.2) is 0 Å². The fourth-order valence-corrected chi connectivity index (χ4v) is 3.22. The maximum absolute atomic E-state index is 3.68. The lowest BCUT2D eigenvalue weighted by atomic mass is 9.98. The highest BCUT2D eigenvalue weighted by Gasteiger charge is 2.16. The Labute approximate surface area is 100 Å². The van der Waals surface area contributed by atoms with Gasteiger partial charge in [0.05, 0.1) is 0 Å².